The van der Waals surface area contributed by atoms with Crippen LogP contribution in [0.2, 0.25) is 5.02 Å². The molecular formula is C28H26ClNO3. The van der Waals surface area contributed by atoms with Crippen LogP contribution < -0.4 is 10.1 Å². The summed E-state index contributed by atoms with van der Waals surface area (Å²) in [6, 6.07) is 19.4. The molecule has 5 heteroatoms. The van der Waals surface area contributed by atoms with Crippen LogP contribution in [0, 0.1) is 0 Å². The Kier molecular flexibility index (Phi) is 6.57. The topological polar surface area (TPSA) is 51.5 Å². The lowest BCUT2D eigenvalue weighted by molar-refractivity contribution is -0.111. The van der Waals surface area contributed by atoms with Gasteiger partial charge in [-0.2, -0.15) is 0 Å². The lowest BCUT2D eigenvalue weighted by Gasteiger charge is -2.11. The van der Waals surface area contributed by atoms with Gasteiger partial charge < -0.3 is 14.5 Å². The summed E-state index contributed by atoms with van der Waals surface area (Å²) in [7, 11) is 1.61. The van der Waals surface area contributed by atoms with Gasteiger partial charge in [-0.1, -0.05) is 49.7 Å². The first kappa shape index (κ1) is 22.7. The average molecular weight is 460 g/mol. The maximum atomic E-state index is 12.7. The SMILES string of the molecule is COc1cc2occ(-c3ccc(Cl)cc3)c2cc1/C(C)=C/C(=O)Nc1ccc(C(C)C)cc1. The Morgan fingerprint density at radius 1 is 1.06 bits per heavy atom. The predicted octanol–water partition coefficient (Wildman–Crippen LogP) is 7.93. The minimum atomic E-state index is -0.197. The molecule has 4 aromatic rings. The minimum absolute atomic E-state index is 0.197. The summed E-state index contributed by atoms with van der Waals surface area (Å²) in [4.78, 5) is 12.7. The first-order valence-corrected chi connectivity index (χ1v) is 11.2. The Morgan fingerprint density at radius 2 is 1.76 bits per heavy atom. The molecule has 0 spiro atoms. The molecule has 4 rings (SSSR count). The molecule has 3 aromatic carbocycles. The normalized spacial score (nSPS) is 11.8. The molecular weight excluding hydrogens is 434 g/mol. The zero-order valence-corrected chi connectivity index (χ0v) is 19.9. The number of carbonyl (C=O) groups excluding carboxylic acids is 1. The highest BCUT2D eigenvalue weighted by molar-refractivity contribution is 6.30. The van der Waals surface area contributed by atoms with Crippen molar-refractivity contribution in [1.82, 2.24) is 0 Å². The summed E-state index contributed by atoms with van der Waals surface area (Å²) in [6.45, 7) is 6.18. The third kappa shape index (κ3) is 4.96. The fourth-order valence-electron chi connectivity index (χ4n) is 3.79. The summed E-state index contributed by atoms with van der Waals surface area (Å²) in [5.41, 5.74) is 6.26. The maximum Gasteiger partial charge on any atom is 0.248 e. The molecule has 1 aromatic heterocycles. The highest BCUT2D eigenvalue weighted by Crippen LogP contribution is 2.37. The van der Waals surface area contributed by atoms with E-state index in [9.17, 15) is 4.79 Å². The van der Waals surface area contributed by atoms with Gasteiger partial charge in [0.05, 0.1) is 13.4 Å². The summed E-state index contributed by atoms with van der Waals surface area (Å²) in [6.07, 6.45) is 3.31. The van der Waals surface area contributed by atoms with Crippen LogP contribution in [0.1, 0.15) is 37.8 Å². The monoisotopic (exact) mass is 459 g/mol. The molecule has 1 N–H and O–H groups in total. The fourth-order valence-corrected chi connectivity index (χ4v) is 3.92. The number of nitrogens with one attached hydrogen (secondary N) is 1. The first-order valence-electron chi connectivity index (χ1n) is 10.8. The van der Waals surface area contributed by atoms with Crippen LogP contribution in [0.3, 0.4) is 0 Å². The molecule has 4 nitrogen and oxygen atoms in total. The van der Waals surface area contributed by atoms with Gasteiger partial charge in [-0.15, -0.1) is 0 Å². The van der Waals surface area contributed by atoms with E-state index in [1.165, 1.54) is 5.56 Å². The zero-order valence-electron chi connectivity index (χ0n) is 19.1. The fraction of sp³-hybridized carbons (Fsp3) is 0.179. The first-order chi connectivity index (χ1) is 15.9. The number of ether oxygens (including phenoxy) is 1. The van der Waals surface area contributed by atoms with Crippen LogP contribution in [-0.2, 0) is 4.79 Å². The van der Waals surface area contributed by atoms with Crippen molar-refractivity contribution >= 4 is 39.7 Å². The molecule has 0 aliphatic carbocycles. The van der Waals surface area contributed by atoms with E-state index in [2.05, 4.69) is 19.2 Å². The number of hydrogen-bond acceptors (Lipinski definition) is 3. The number of furan rings is 1. The van der Waals surface area contributed by atoms with Crippen LogP contribution in [0.5, 0.6) is 5.75 Å². The number of rotatable bonds is 6. The number of amides is 1. The number of hydrogen-bond donors (Lipinski definition) is 1. The van der Waals surface area contributed by atoms with Crippen molar-refractivity contribution in [3.63, 3.8) is 0 Å². The molecule has 0 unspecified atom stereocenters. The second kappa shape index (κ2) is 9.55. The third-order valence-electron chi connectivity index (χ3n) is 5.67. The predicted molar refractivity (Wildman–Crippen MR) is 136 cm³/mol. The molecule has 1 heterocycles. The standard InChI is InChI=1S/C28H26ClNO3/c1-17(2)19-7-11-22(12-8-19)30-28(31)13-18(3)23-14-24-25(20-5-9-21(29)10-6-20)16-33-27(24)15-26(23)32-4/h5-17H,1-4H3,(H,30,31)/b18-13+. The van der Waals surface area contributed by atoms with Crippen LogP contribution in [0.15, 0.2) is 77.4 Å². The van der Waals surface area contributed by atoms with E-state index in [0.717, 1.165) is 33.3 Å². The van der Waals surface area contributed by atoms with E-state index in [1.54, 1.807) is 19.4 Å². The van der Waals surface area contributed by atoms with Gasteiger partial charge in [0.15, 0.2) is 0 Å². The highest BCUT2D eigenvalue weighted by Gasteiger charge is 2.15. The van der Waals surface area contributed by atoms with Crippen molar-refractivity contribution in [3.05, 3.63) is 89.2 Å². The second-order valence-corrected chi connectivity index (χ2v) is 8.73. The van der Waals surface area contributed by atoms with Crippen LogP contribution in [0.4, 0.5) is 5.69 Å². The summed E-state index contributed by atoms with van der Waals surface area (Å²) < 4.78 is 11.4. The quantitative estimate of drug-likeness (QED) is 0.298. The number of anilines is 1. The van der Waals surface area contributed by atoms with Gasteiger partial charge in [-0.05, 0) is 59.9 Å². The minimum Gasteiger partial charge on any atom is -0.496 e. The van der Waals surface area contributed by atoms with Crippen molar-refractivity contribution < 1.29 is 13.9 Å². The number of halogens is 1. The van der Waals surface area contributed by atoms with E-state index < -0.39 is 0 Å². The molecule has 0 aliphatic rings. The summed E-state index contributed by atoms with van der Waals surface area (Å²) in [5, 5.41) is 4.55. The largest absolute Gasteiger partial charge is 0.496 e. The maximum absolute atomic E-state index is 12.7. The highest BCUT2D eigenvalue weighted by atomic mass is 35.5. The number of benzene rings is 3. The Morgan fingerprint density at radius 3 is 2.39 bits per heavy atom. The van der Waals surface area contributed by atoms with Crippen molar-refractivity contribution in [2.24, 2.45) is 0 Å². The molecule has 0 radical (unpaired) electrons. The van der Waals surface area contributed by atoms with Crippen molar-refractivity contribution in [3.8, 4) is 16.9 Å². The molecule has 33 heavy (non-hydrogen) atoms. The summed E-state index contributed by atoms with van der Waals surface area (Å²) in [5.74, 6) is 0.888. The zero-order chi connectivity index (χ0) is 23.5. The van der Waals surface area contributed by atoms with E-state index >= 15 is 0 Å². The number of methoxy groups -OCH3 is 1. The second-order valence-electron chi connectivity index (χ2n) is 8.30. The Bertz CT molecular complexity index is 1320. The lowest BCUT2D eigenvalue weighted by Crippen LogP contribution is -2.08. The van der Waals surface area contributed by atoms with Gasteiger partial charge in [-0.25, -0.2) is 0 Å². The molecule has 0 atom stereocenters. The van der Waals surface area contributed by atoms with Gasteiger partial charge in [0.2, 0.25) is 5.91 Å². The van der Waals surface area contributed by atoms with Crippen molar-refractivity contribution in [1.29, 1.82) is 0 Å². The molecule has 0 saturated heterocycles. The van der Waals surface area contributed by atoms with Gasteiger partial charge in [0.1, 0.15) is 11.3 Å². The average Bonchev–Trinajstić information content (AvgIpc) is 3.21. The summed E-state index contributed by atoms with van der Waals surface area (Å²) >= 11 is 6.04. The molecule has 0 aliphatic heterocycles. The van der Waals surface area contributed by atoms with Crippen LogP contribution in [0.25, 0.3) is 27.7 Å². The Labute approximate surface area is 198 Å². The van der Waals surface area contributed by atoms with Crippen molar-refractivity contribution in [2.45, 2.75) is 26.7 Å². The van der Waals surface area contributed by atoms with E-state index in [4.69, 9.17) is 20.8 Å². The number of fused-ring (bicyclic) bond motifs is 1. The lowest BCUT2D eigenvalue weighted by atomic mass is 9.99. The smallest absolute Gasteiger partial charge is 0.248 e. The van der Waals surface area contributed by atoms with Crippen LogP contribution >= 0.6 is 11.6 Å². The number of carbonyl (C=O) groups is 1. The molecule has 1 amide bonds. The molecule has 168 valence electrons. The van der Waals surface area contributed by atoms with Gasteiger partial charge in [0, 0.05) is 39.4 Å². The van der Waals surface area contributed by atoms with Crippen LogP contribution in [-0.4, -0.2) is 13.0 Å². The van der Waals surface area contributed by atoms with E-state index in [-0.39, 0.29) is 5.91 Å². The van der Waals surface area contributed by atoms with Gasteiger partial charge in [-0.3, -0.25) is 4.79 Å². The molecule has 0 saturated carbocycles. The molecule has 0 bridgehead atoms. The molecule has 0 fully saturated rings. The van der Waals surface area contributed by atoms with E-state index in [0.29, 0.717) is 22.3 Å². The van der Waals surface area contributed by atoms with Gasteiger partial charge >= 0.3 is 0 Å². The Balaban J connectivity index is 1.65. The Hall–Kier alpha value is -3.50. The third-order valence-corrected chi connectivity index (χ3v) is 5.92. The number of allylic oxidation sites excluding steroid dienone is 1. The van der Waals surface area contributed by atoms with Crippen molar-refractivity contribution in [2.75, 3.05) is 12.4 Å². The van der Waals surface area contributed by atoms with Gasteiger partial charge in [0.25, 0.3) is 0 Å². The van der Waals surface area contributed by atoms with E-state index in [1.807, 2.05) is 67.6 Å².